The highest BCUT2D eigenvalue weighted by Gasteiger charge is 2.19. The monoisotopic (exact) mass is 288 g/mol. The summed E-state index contributed by atoms with van der Waals surface area (Å²) in [6, 6.07) is 7.24. The van der Waals surface area contributed by atoms with E-state index < -0.39 is 6.04 Å². The number of pyridine rings is 1. The molecule has 2 heterocycles. The zero-order valence-electron chi connectivity index (χ0n) is 11.5. The molecule has 104 valence electrons. The molecule has 5 nitrogen and oxygen atoms in total. The van der Waals surface area contributed by atoms with Crippen LogP contribution in [0.1, 0.15) is 30.3 Å². The van der Waals surface area contributed by atoms with E-state index in [1.807, 2.05) is 42.0 Å². The largest absolute Gasteiger partial charge is 0.335 e. The summed E-state index contributed by atoms with van der Waals surface area (Å²) in [5, 5.41) is 12.5. The lowest BCUT2D eigenvalue weighted by Gasteiger charge is -2.08. The summed E-state index contributed by atoms with van der Waals surface area (Å²) in [5.41, 5.74) is 1.12. The number of amides is 1. The molecule has 0 bridgehead atoms. The van der Waals surface area contributed by atoms with E-state index in [2.05, 4.69) is 16.4 Å². The minimum atomic E-state index is -0.467. The second kappa shape index (κ2) is 6.44. The van der Waals surface area contributed by atoms with Crippen LogP contribution in [0, 0.1) is 11.3 Å². The number of carbonyl (C=O) groups excluding carboxylic acids is 1. The van der Waals surface area contributed by atoms with Crippen LogP contribution in [0.3, 0.4) is 0 Å². The lowest BCUT2D eigenvalue weighted by molar-refractivity contribution is 0.0940. The highest BCUT2D eigenvalue weighted by Crippen LogP contribution is 2.19. The Kier molecular flexibility index (Phi) is 4.64. The number of nitrogens with zero attached hydrogens (tertiary/aromatic N) is 3. The molecule has 2 aromatic rings. The van der Waals surface area contributed by atoms with Crippen LogP contribution in [0.15, 0.2) is 29.6 Å². The van der Waals surface area contributed by atoms with Gasteiger partial charge in [-0.25, -0.2) is 4.98 Å². The molecule has 1 atom stereocenters. The Labute approximate surface area is 122 Å². The Hall–Kier alpha value is -2.00. The first-order chi connectivity index (χ1) is 9.71. The molecule has 0 spiro atoms. The molecule has 1 amide bonds. The summed E-state index contributed by atoms with van der Waals surface area (Å²) in [7, 11) is 0. The average Bonchev–Trinajstić information content (AvgIpc) is 2.85. The molecule has 2 rings (SSSR count). The minimum absolute atomic E-state index is 0.297. The molecular formula is C14H16N4OS. The lowest BCUT2D eigenvalue weighted by atomic mass is 10.2. The Balaban J connectivity index is 2.33. The van der Waals surface area contributed by atoms with Crippen molar-refractivity contribution >= 4 is 23.2 Å². The van der Waals surface area contributed by atoms with Crippen LogP contribution in [-0.2, 0) is 0 Å². The molecule has 2 aromatic heterocycles. The summed E-state index contributed by atoms with van der Waals surface area (Å²) in [4.78, 5) is 16.6. The van der Waals surface area contributed by atoms with Crippen LogP contribution in [0.2, 0.25) is 0 Å². The zero-order chi connectivity index (χ0) is 14.5. The molecule has 0 aliphatic rings. The van der Waals surface area contributed by atoms with Crippen LogP contribution >= 0.6 is 11.8 Å². The van der Waals surface area contributed by atoms with Gasteiger partial charge in [0.15, 0.2) is 10.9 Å². The van der Waals surface area contributed by atoms with Gasteiger partial charge in [0.1, 0.15) is 6.04 Å². The Morgan fingerprint density at radius 2 is 2.40 bits per heavy atom. The van der Waals surface area contributed by atoms with Crippen molar-refractivity contribution in [2.75, 3.05) is 6.26 Å². The first-order valence-corrected chi connectivity index (χ1v) is 7.65. The minimum Gasteiger partial charge on any atom is -0.335 e. The van der Waals surface area contributed by atoms with Gasteiger partial charge in [-0.05, 0) is 24.8 Å². The molecule has 0 unspecified atom stereocenters. The van der Waals surface area contributed by atoms with Gasteiger partial charge in [-0.1, -0.05) is 31.2 Å². The van der Waals surface area contributed by atoms with Gasteiger partial charge in [0.05, 0.1) is 11.6 Å². The van der Waals surface area contributed by atoms with Gasteiger partial charge in [0.2, 0.25) is 0 Å². The topological polar surface area (TPSA) is 70.2 Å². The molecule has 0 fully saturated rings. The third-order valence-corrected chi connectivity index (χ3v) is 3.61. The second-order valence-electron chi connectivity index (χ2n) is 4.35. The lowest BCUT2D eigenvalue weighted by Crippen LogP contribution is -2.33. The summed E-state index contributed by atoms with van der Waals surface area (Å²) in [6.07, 6.45) is 5.28. The van der Waals surface area contributed by atoms with Gasteiger partial charge in [-0.3, -0.25) is 9.20 Å². The molecular weight excluding hydrogens is 272 g/mol. The summed E-state index contributed by atoms with van der Waals surface area (Å²) < 4.78 is 1.88. The van der Waals surface area contributed by atoms with Crippen LogP contribution in [0.25, 0.3) is 5.52 Å². The summed E-state index contributed by atoms with van der Waals surface area (Å²) in [6.45, 7) is 1.98. The van der Waals surface area contributed by atoms with E-state index in [4.69, 9.17) is 5.26 Å². The quantitative estimate of drug-likeness (QED) is 0.858. The van der Waals surface area contributed by atoms with Crippen molar-refractivity contribution in [3.63, 3.8) is 0 Å². The number of rotatable bonds is 5. The molecule has 0 aliphatic heterocycles. The Bertz CT molecular complexity index is 659. The van der Waals surface area contributed by atoms with E-state index in [1.54, 1.807) is 0 Å². The Morgan fingerprint density at radius 1 is 1.60 bits per heavy atom. The molecule has 0 saturated carbocycles. The van der Waals surface area contributed by atoms with E-state index in [1.165, 1.54) is 11.8 Å². The average molecular weight is 288 g/mol. The first kappa shape index (κ1) is 14.4. The molecule has 20 heavy (non-hydrogen) atoms. The maximum absolute atomic E-state index is 12.3. The van der Waals surface area contributed by atoms with Crippen LogP contribution in [0.4, 0.5) is 0 Å². The summed E-state index contributed by atoms with van der Waals surface area (Å²) >= 11 is 1.48. The number of thioether (sulfide) groups is 1. The van der Waals surface area contributed by atoms with E-state index >= 15 is 0 Å². The molecule has 0 saturated heterocycles. The van der Waals surface area contributed by atoms with E-state index in [9.17, 15) is 4.79 Å². The van der Waals surface area contributed by atoms with Crippen molar-refractivity contribution in [2.24, 2.45) is 0 Å². The number of fused-ring (bicyclic) bond motifs is 1. The van der Waals surface area contributed by atoms with Gasteiger partial charge in [-0.2, -0.15) is 5.26 Å². The maximum Gasteiger partial charge on any atom is 0.273 e. The molecule has 1 N–H and O–H groups in total. The smallest absolute Gasteiger partial charge is 0.273 e. The fraction of sp³-hybridized carbons (Fsp3) is 0.357. The van der Waals surface area contributed by atoms with Gasteiger partial charge < -0.3 is 5.32 Å². The molecule has 0 radical (unpaired) electrons. The SMILES string of the molecule is CCC[C@@H](C#N)NC(=O)c1nc(SC)n2ccccc12. The first-order valence-electron chi connectivity index (χ1n) is 6.42. The van der Waals surface area contributed by atoms with Gasteiger partial charge in [0, 0.05) is 6.20 Å². The number of nitrogens with one attached hydrogen (secondary N) is 1. The number of hydrogen-bond acceptors (Lipinski definition) is 4. The Morgan fingerprint density at radius 3 is 3.05 bits per heavy atom. The van der Waals surface area contributed by atoms with Crippen molar-refractivity contribution in [1.29, 1.82) is 5.26 Å². The number of carbonyl (C=O) groups is 1. The van der Waals surface area contributed by atoms with Crippen molar-refractivity contribution in [2.45, 2.75) is 31.0 Å². The third-order valence-electron chi connectivity index (χ3n) is 2.95. The predicted molar refractivity (Wildman–Crippen MR) is 78.7 cm³/mol. The fourth-order valence-corrected chi connectivity index (χ4v) is 2.54. The maximum atomic E-state index is 12.3. The number of nitriles is 1. The van der Waals surface area contributed by atoms with E-state index in [0.29, 0.717) is 12.1 Å². The number of aromatic nitrogens is 2. The predicted octanol–water partition coefficient (Wildman–Crippen LogP) is 2.48. The molecule has 0 aromatic carbocycles. The number of hydrogen-bond donors (Lipinski definition) is 1. The third kappa shape index (κ3) is 2.78. The fourth-order valence-electron chi connectivity index (χ4n) is 2.01. The van der Waals surface area contributed by atoms with Crippen molar-refractivity contribution in [1.82, 2.24) is 14.7 Å². The summed E-state index contributed by atoms with van der Waals surface area (Å²) in [5.74, 6) is -0.297. The van der Waals surface area contributed by atoms with Crippen molar-refractivity contribution in [3.05, 3.63) is 30.1 Å². The van der Waals surface area contributed by atoms with Crippen molar-refractivity contribution in [3.8, 4) is 6.07 Å². The van der Waals surface area contributed by atoms with Crippen molar-refractivity contribution < 1.29 is 4.79 Å². The normalized spacial score (nSPS) is 12.1. The highest BCUT2D eigenvalue weighted by atomic mass is 32.2. The highest BCUT2D eigenvalue weighted by molar-refractivity contribution is 7.98. The van der Waals surface area contributed by atoms with Gasteiger partial charge >= 0.3 is 0 Å². The van der Waals surface area contributed by atoms with E-state index in [0.717, 1.165) is 17.1 Å². The van der Waals surface area contributed by atoms with Crippen LogP contribution in [-0.4, -0.2) is 27.6 Å². The molecule has 0 aliphatic carbocycles. The van der Waals surface area contributed by atoms with Gasteiger partial charge in [0.25, 0.3) is 5.91 Å². The van der Waals surface area contributed by atoms with Gasteiger partial charge in [-0.15, -0.1) is 0 Å². The molecule has 6 heteroatoms. The second-order valence-corrected chi connectivity index (χ2v) is 5.12. The van der Waals surface area contributed by atoms with Crippen LogP contribution in [0.5, 0.6) is 0 Å². The standard InChI is InChI=1S/C14H16N4OS/c1-3-6-10(9-15)16-13(19)12-11-7-4-5-8-18(11)14(17-12)20-2/h4-5,7-8,10H,3,6H2,1-2H3,(H,16,19)/t10-/m0/s1. The zero-order valence-corrected chi connectivity index (χ0v) is 12.3. The number of imidazole rings is 1. The van der Waals surface area contributed by atoms with E-state index in [-0.39, 0.29) is 5.91 Å². The van der Waals surface area contributed by atoms with Crippen LogP contribution < -0.4 is 5.32 Å².